The first-order valence-electron chi connectivity index (χ1n) is 13.0. The molecule has 1 amide bonds. The second-order valence-electron chi connectivity index (χ2n) is 10.4. The fourth-order valence-electron chi connectivity index (χ4n) is 4.25. The lowest BCUT2D eigenvalue weighted by atomic mass is 9.98. The minimum atomic E-state index is -0.725. The quantitative estimate of drug-likeness (QED) is 0.313. The van der Waals surface area contributed by atoms with Crippen LogP contribution in [0.25, 0.3) is 11.1 Å². The van der Waals surface area contributed by atoms with Crippen LogP contribution in [0.15, 0.2) is 48.5 Å². The lowest BCUT2D eigenvalue weighted by Gasteiger charge is -2.20. The molecule has 212 valence electrons. The summed E-state index contributed by atoms with van der Waals surface area (Å²) in [5.74, 6) is -0.0738. The van der Waals surface area contributed by atoms with Crippen molar-refractivity contribution in [1.82, 2.24) is 10.6 Å². The van der Waals surface area contributed by atoms with E-state index in [2.05, 4.69) is 16.0 Å². The number of anilines is 1. The van der Waals surface area contributed by atoms with E-state index in [1.54, 1.807) is 11.8 Å². The summed E-state index contributed by atoms with van der Waals surface area (Å²) in [6.07, 6.45) is 3.26. The number of hydrogen-bond donors (Lipinski definition) is 3. The Morgan fingerprint density at radius 3 is 2.54 bits per heavy atom. The Bertz CT molecular complexity index is 1120. The van der Waals surface area contributed by atoms with Crippen molar-refractivity contribution >= 4 is 46.4 Å². The average Bonchev–Trinajstić information content (AvgIpc) is 3.35. The molecule has 3 N–H and O–H groups in total. The van der Waals surface area contributed by atoms with Crippen LogP contribution in [0.3, 0.4) is 0 Å². The normalized spacial score (nSPS) is 17.8. The predicted molar refractivity (Wildman–Crippen MR) is 161 cm³/mol. The van der Waals surface area contributed by atoms with Gasteiger partial charge in [-0.05, 0) is 80.6 Å². The molecular weight excluding hydrogens is 534 g/mol. The van der Waals surface area contributed by atoms with Gasteiger partial charge in [-0.3, -0.25) is 4.79 Å². The van der Waals surface area contributed by atoms with E-state index in [1.807, 2.05) is 75.6 Å². The molecule has 1 fully saturated rings. The molecule has 3 atom stereocenters. The lowest BCUT2D eigenvalue weighted by molar-refractivity contribution is -0.142. The van der Waals surface area contributed by atoms with E-state index < -0.39 is 17.6 Å². The van der Waals surface area contributed by atoms with E-state index in [0.29, 0.717) is 18.5 Å². The van der Waals surface area contributed by atoms with Crippen LogP contribution < -0.4 is 16.0 Å². The van der Waals surface area contributed by atoms with Gasteiger partial charge in [0.1, 0.15) is 11.6 Å². The standard InChI is InChI=1S/C29H39N3O5S2/c1-29(2,3)37-28(35)39-22-15-21(31-18-22)17-30-20-11-12-23(19-9-7-6-8-10-19)24(16-20)26(33)32-25(13-14-38-5)27(34)36-4/h6-12,16,21-22,25,30-31H,13-15,17-18H2,1-5H3,(H,32,33)/t21-,22-,25-/m0/s1. The van der Waals surface area contributed by atoms with Crippen molar-refractivity contribution in [3.63, 3.8) is 0 Å². The van der Waals surface area contributed by atoms with Crippen molar-refractivity contribution in [2.45, 2.75) is 56.5 Å². The smallest absolute Gasteiger partial charge is 0.368 e. The third-order valence-corrected chi connectivity index (χ3v) is 7.75. The van der Waals surface area contributed by atoms with Gasteiger partial charge < -0.3 is 25.4 Å². The number of nitrogens with one attached hydrogen (secondary N) is 3. The molecule has 2 aromatic carbocycles. The summed E-state index contributed by atoms with van der Waals surface area (Å²) in [7, 11) is 1.33. The molecule has 0 spiro atoms. The molecule has 0 aliphatic carbocycles. The maximum absolute atomic E-state index is 13.5. The Balaban J connectivity index is 1.71. The number of benzene rings is 2. The van der Waals surface area contributed by atoms with E-state index in [1.165, 1.54) is 18.9 Å². The largest absolute Gasteiger partial charge is 0.467 e. The van der Waals surface area contributed by atoms with Gasteiger partial charge in [0.15, 0.2) is 0 Å². The molecule has 1 aliphatic rings. The molecular formula is C29H39N3O5S2. The van der Waals surface area contributed by atoms with Crippen LogP contribution in [-0.2, 0) is 14.3 Å². The molecule has 1 heterocycles. The third kappa shape index (κ3) is 9.77. The highest BCUT2D eigenvalue weighted by Crippen LogP contribution is 2.28. The number of rotatable bonds is 11. The number of esters is 1. The molecule has 39 heavy (non-hydrogen) atoms. The Morgan fingerprint density at radius 1 is 1.13 bits per heavy atom. The van der Waals surface area contributed by atoms with E-state index >= 15 is 0 Å². The average molecular weight is 574 g/mol. The summed E-state index contributed by atoms with van der Waals surface area (Å²) >= 11 is 2.84. The summed E-state index contributed by atoms with van der Waals surface area (Å²) in [4.78, 5) is 38.0. The Hall–Kier alpha value is -2.69. The third-order valence-electron chi connectivity index (χ3n) is 6.14. The highest BCUT2D eigenvalue weighted by Gasteiger charge is 2.29. The first kappa shape index (κ1) is 30.8. The van der Waals surface area contributed by atoms with Gasteiger partial charge in [-0.1, -0.05) is 36.4 Å². The lowest BCUT2D eigenvalue weighted by Crippen LogP contribution is -2.42. The molecule has 0 saturated carbocycles. The highest BCUT2D eigenvalue weighted by molar-refractivity contribution is 8.13. The van der Waals surface area contributed by atoms with Gasteiger partial charge in [0, 0.05) is 35.6 Å². The topological polar surface area (TPSA) is 106 Å². The van der Waals surface area contributed by atoms with Crippen LogP contribution in [0.4, 0.5) is 10.5 Å². The number of ether oxygens (including phenoxy) is 2. The Morgan fingerprint density at radius 2 is 1.87 bits per heavy atom. The Kier molecular flexibility index (Phi) is 11.6. The summed E-state index contributed by atoms with van der Waals surface area (Å²) < 4.78 is 10.4. The molecule has 0 radical (unpaired) electrons. The van der Waals surface area contributed by atoms with Crippen molar-refractivity contribution in [1.29, 1.82) is 0 Å². The van der Waals surface area contributed by atoms with Crippen molar-refractivity contribution in [3.8, 4) is 11.1 Å². The summed E-state index contributed by atoms with van der Waals surface area (Å²) in [5.41, 5.74) is 2.46. The van der Waals surface area contributed by atoms with Crippen molar-refractivity contribution in [2.24, 2.45) is 0 Å². The van der Waals surface area contributed by atoms with Crippen LogP contribution in [0.2, 0.25) is 0 Å². The maximum Gasteiger partial charge on any atom is 0.368 e. The number of carbonyl (C=O) groups is 3. The first-order valence-corrected chi connectivity index (χ1v) is 15.3. The van der Waals surface area contributed by atoms with Gasteiger partial charge in [0.05, 0.1) is 7.11 Å². The molecule has 0 bridgehead atoms. The van der Waals surface area contributed by atoms with Gasteiger partial charge in [-0.2, -0.15) is 11.8 Å². The fourth-order valence-corrected chi connectivity index (χ4v) is 5.80. The summed E-state index contributed by atoms with van der Waals surface area (Å²) in [6.45, 7) is 6.95. The summed E-state index contributed by atoms with van der Waals surface area (Å²) in [6, 6.07) is 14.8. The zero-order valence-corrected chi connectivity index (χ0v) is 24.9. The van der Waals surface area contributed by atoms with E-state index in [0.717, 1.165) is 35.5 Å². The van der Waals surface area contributed by atoms with Crippen LogP contribution in [0.1, 0.15) is 44.0 Å². The second kappa shape index (κ2) is 14.6. The number of thioether (sulfide) groups is 2. The van der Waals surface area contributed by atoms with Crippen LogP contribution in [-0.4, -0.2) is 72.3 Å². The highest BCUT2D eigenvalue weighted by atomic mass is 32.2. The van der Waals surface area contributed by atoms with E-state index in [4.69, 9.17) is 9.47 Å². The number of hydrogen-bond acceptors (Lipinski definition) is 9. The van der Waals surface area contributed by atoms with E-state index in [9.17, 15) is 14.4 Å². The molecule has 1 saturated heterocycles. The van der Waals surface area contributed by atoms with Gasteiger partial charge in [-0.25, -0.2) is 9.59 Å². The Labute approximate surface area is 239 Å². The molecule has 10 heteroatoms. The SMILES string of the molecule is COC(=O)[C@H](CCSC)NC(=O)c1cc(NC[C@@H]2C[C@H](SC(=O)OC(C)(C)C)CN2)ccc1-c1ccccc1. The molecule has 2 aromatic rings. The van der Waals surface area contributed by atoms with Gasteiger partial charge in [0.2, 0.25) is 0 Å². The molecule has 1 aliphatic heterocycles. The van der Waals surface area contributed by atoms with Crippen molar-refractivity contribution < 1.29 is 23.9 Å². The van der Waals surface area contributed by atoms with Crippen LogP contribution >= 0.6 is 23.5 Å². The second-order valence-corrected chi connectivity index (χ2v) is 12.6. The predicted octanol–water partition coefficient (Wildman–Crippen LogP) is 5.19. The van der Waals surface area contributed by atoms with Crippen LogP contribution in [0, 0.1) is 0 Å². The minimum Gasteiger partial charge on any atom is -0.467 e. The molecule has 8 nitrogen and oxygen atoms in total. The zero-order valence-electron chi connectivity index (χ0n) is 23.2. The van der Waals surface area contributed by atoms with Crippen molar-refractivity contribution in [2.75, 3.05) is 37.5 Å². The summed E-state index contributed by atoms with van der Waals surface area (Å²) in [5, 5.41) is 9.66. The molecule has 0 unspecified atom stereocenters. The maximum atomic E-state index is 13.5. The molecule has 3 rings (SSSR count). The number of carbonyl (C=O) groups excluding carboxylic acids is 3. The monoisotopic (exact) mass is 573 g/mol. The fraction of sp³-hybridized carbons (Fsp3) is 0.483. The van der Waals surface area contributed by atoms with Gasteiger partial charge in [-0.15, -0.1) is 0 Å². The van der Waals surface area contributed by atoms with Gasteiger partial charge in [0.25, 0.3) is 5.91 Å². The zero-order chi connectivity index (χ0) is 28.4. The first-order chi connectivity index (χ1) is 18.6. The van der Waals surface area contributed by atoms with Crippen LogP contribution in [0.5, 0.6) is 0 Å². The van der Waals surface area contributed by atoms with Crippen molar-refractivity contribution in [3.05, 3.63) is 54.1 Å². The van der Waals surface area contributed by atoms with Gasteiger partial charge >= 0.3 is 11.3 Å². The number of methoxy groups -OCH3 is 1. The number of amides is 1. The van der Waals surface area contributed by atoms with E-state index in [-0.39, 0.29) is 22.5 Å². The minimum absolute atomic E-state index is 0.144. The molecule has 0 aromatic heterocycles.